The van der Waals surface area contributed by atoms with Crippen molar-refractivity contribution in [1.29, 1.82) is 0 Å². The quantitative estimate of drug-likeness (QED) is 0.788. The Hall–Kier alpha value is -1.71. The van der Waals surface area contributed by atoms with E-state index in [4.69, 9.17) is 10.5 Å². The molecule has 0 radical (unpaired) electrons. The van der Waals surface area contributed by atoms with E-state index in [0.29, 0.717) is 17.3 Å². The Morgan fingerprint density at radius 3 is 2.61 bits per heavy atom. The lowest BCUT2D eigenvalue weighted by molar-refractivity contribution is 0.0524. The van der Waals surface area contributed by atoms with E-state index in [1.807, 2.05) is 0 Å². The highest BCUT2D eigenvalue weighted by atomic mass is 16.6. The van der Waals surface area contributed by atoms with Gasteiger partial charge in [-0.05, 0) is 49.4 Å². The predicted molar refractivity (Wildman–Crippen MR) is 72.4 cm³/mol. The van der Waals surface area contributed by atoms with E-state index in [1.54, 1.807) is 24.3 Å². The van der Waals surface area contributed by atoms with Crippen molar-refractivity contribution < 1.29 is 9.53 Å². The van der Waals surface area contributed by atoms with Crippen molar-refractivity contribution in [3.8, 4) is 0 Å². The molecule has 3 N–H and O–H groups in total. The van der Waals surface area contributed by atoms with Crippen molar-refractivity contribution >= 4 is 17.5 Å². The standard InChI is InChI=1S/C14H20N2O2/c1-10-4-2-3-5-13(10)18-14(17)16-12-8-6-11(15)7-9-12/h6-10,13H,2-5,15H2,1H3,(H,16,17). The van der Waals surface area contributed by atoms with Crippen LogP contribution in [0.4, 0.5) is 16.2 Å². The molecule has 1 amide bonds. The summed E-state index contributed by atoms with van der Waals surface area (Å²) < 4.78 is 5.46. The van der Waals surface area contributed by atoms with Crippen LogP contribution in [0.2, 0.25) is 0 Å². The summed E-state index contributed by atoms with van der Waals surface area (Å²) in [5.41, 5.74) is 6.96. The second-order valence-electron chi connectivity index (χ2n) is 4.95. The molecule has 0 aromatic heterocycles. The lowest BCUT2D eigenvalue weighted by Crippen LogP contribution is -2.30. The molecule has 98 valence electrons. The molecule has 0 saturated heterocycles. The number of hydrogen-bond donors (Lipinski definition) is 2. The molecule has 0 bridgehead atoms. The van der Waals surface area contributed by atoms with Crippen molar-refractivity contribution in [3.05, 3.63) is 24.3 Å². The van der Waals surface area contributed by atoms with E-state index in [-0.39, 0.29) is 12.2 Å². The number of benzene rings is 1. The summed E-state index contributed by atoms with van der Waals surface area (Å²) in [4.78, 5) is 11.7. The Bertz CT molecular complexity index is 403. The number of rotatable bonds is 2. The zero-order valence-corrected chi connectivity index (χ0v) is 10.7. The van der Waals surface area contributed by atoms with Crippen LogP contribution in [0.5, 0.6) is 0 Å². The monoisotopic (exact) mass is 248 g/mol. The fraction of sp³-hybridized carbons (Fsp3) is 0.500. The molecule has 18 heavy (non-hydrogen) atoms. The third kappa shape index (κ3) is 3.39. The molecule has 2 unspecified atom stereocenters. The van der Waals surface area contributed by atoms with Crippen LogP contribution in [0.3, 0.4) is 0 Å². The van der Waals surface area contributed by atoms with Gasteiger partial charge in [-0.15, -0.1) is 0 Å². The summed E-state index contributed by atoms with van der Waals surface area (Å²) in [6.07, 6.45) is 4.16. The van der Waals surface area contributed by atoms with Gasteiger partial charge >= 0.3 is 6.09 Å². The minimum Gasteiger partial charge on any atom is -0.446 e. The Balaban J connectivity index is 1.86. The summed E-state index contributed by atoms with van der Waals surface area (Å²) in [5.74, 6) is 0.455. The van der Waals surface area contributed by atoms with E-state index >= 15 is 0 Å². The molecular formula is C14H20N2O2. The fourth-order valence-corrected chi connectivity index (χ4v) is 2.31. The molecular weight excluding hydrogens is 228 g/mol. The van der Waals surface area contributed by atoms with Gasteiger partial charge in [0.05, 0.1) is 0 Å². The zero-order valence-electron chi connectivity index (χ0n) is 10.7. The SMILES string of the molecule is CC1CCCCC1OC(=O)Nc1ccc(N)cc1. The van der Waals surface area contributed by atoms with Crippen LogP contribution in [0.1, 0.15) is 32.6 Å². The number of carbonyl (C=O) groups excluding carboxylic acids is 1. The number of anilines is 2. The minimum absolute atomic E-state index is 0.0486. The molecule has 1 aliphatic rings. The average molecular weight is 248 g/mol. The lowest BCUT2D eigenvalue weighted by atomic mass is 9.88. The van der Waals surface area contributed by atoms with Crippen molar-refractivity contribution in [2.24, 2.45) is 5.92 Å². The van der Waals surface area contributed by atoms with Crippen LogP contribution in [0.25, 0.3) is 0 Å². The van der Waals surface area contributed by atoms with Gasteiger partial charge in [-0.2, -0.15) is 0 Å². The summed E-state index contributed by atoms with van der Waals surface area (Å²) in [5, 5.41) is 2.72. The average Bonchev–Trinajstić information content (AvgIpc) is 2.35. The summed E-state index contributed by atoms with van der Waals surface area (Å²) >= 11 is 0. The number of ether oxygens (including phenoxy) is 1. The molecule has 1 aliphatic carbocycles. The highest BCUT2D eigenvalue weighted by molar-refractivity contribution is 5.84. The van der Waals surface area contributed by atoms with E-state index in [9.17, 15) is 4.79 Å². The number of nitrogens with one attached hydrogen (secondary N) is 1. The van der Waals surface area contributed by atoms with Crippen molar-refractivity contribution in [2.75, 3.05) is 11.1 Å². The normalized spacial score (nSPS) is 23.4. The molecule has 0 spiro atoms. The van der Waals surface area contributed by atoms with Gasteiger partial charge in [0.25, 0.3) is 0 Å². The fourth-order valence-electron chi connectivity index (χ4n) is 2.31. The third-order valence-electron chi connectivity index (χ3n) is 3.45. The van der Waals surface area contributed by atoms with Crippen LogP contribution in [0.15, 0.2) is 24.3 Å². The maximum atomic E-state index is 11.7. The van der Waals surface area contributed by atoms with Crippen molar-refractivity contribution in [1.82, 2.24) is 0 Å². The van der Waals surface area contributed by atoms with Crippen LogP contribution in [-0.2, 0) is 4.74 Å². The van der Waals surface area contributed by atoms with Gasteiger partial charge in [0, 0.05) is 11.4 Å². The molecule has 1 fully saturated rings. The number of nitrogen functional groups attached to an aromatic ring is 1. The Morgan fingerprint density at radius 2 is 1.94 bits per heavy atom. The number of carbonyl (C=O) groups is 1. The molecule has 1 aromatic rings. The maximum Gasteiger partial charge on any atom is 0.411 e. The van der Waals surface area contributed by atoms with Gasteiger partial charge in [-0.3, -0.25) is 5.32 Å². The lowest BCUT2D eigenvalue weighted by Gasteiger charge is -2.28. The van der Waals surface area contributed by atoms with Gasteiger partial charge in [-0.25, -0.2) is 4.79 Å². The molecule has 1 saturated carbocycles. The van der Waals surface area contributed by atoms with Crippen LogP contribution in [-0.4, -0.2) is 12.2 Å². The van der Waals surface area contributed by atoms with E-state index in [0.717, 1.165) is 19.3 Å². The summed E-state index contributed by atoms with van der Waals surface area (Å²) in [7, 11) is 0. The Kier molecular flexibility index (Phi) is 4.07. The molecule has 1 aromatic carbocycles. The highest BCUT2D eigenvalue weighted by Gasteiger charge is 2.24. The van der Waals surface area contributed by atoms with E-state index in [2.05, 4.69) is 12.2 Å². The van der Waals surface area contributed by atoms with E-state index in [1.165, 1.54) is 6.42 Å². The summed E-state index contributed by atoms with van der Waals surface area (Å²) in [6.45, 7) is 2.14. The molecule has 4 nitrogen and oxygen atoms in total. The van der Waals surface area contributed by atoms with Gasteiger partial charge in [0.2, 0.25) is 0 Å². The number of amides is 1. The van der Waals surface area contributed by atoms with Gasteiger partial charge in [-0.1, -0.05) is 13.3 Å². The van der Waals surface area contributed by atoms with Gasteiger partial charge in [0.1, 0.15) is 6.10 Å². The molecule has 2 atom stereocenters. The summed E-state index contributed by atoms with van der Waals surface area (Å²) in [6, 6.07) is 7.03. The highest BCUT2D eigenvalue weighted by Crippen LogP contribution is 2.26. The zero-order chi connectivity index (χ0) is 13.0. The van der Waals surface area contributed by atoms with Crippen molar-refractivity contribution in [3.63, 3.8) is 0 Å². The second-order valence-corrected chi connectivity index (χ2v) is 4.95. The first-order valence-corrected chi connectivity index (χ1v) is 6.48. The topological polar surface area (TPSA) is 64.3 Å². The minimum atomic E-state index is -0.376. The number of hydrogen-bond acceptors (Lipinski definition) is 3. The largest absolute Gasteiger partial charge is 0.446 e. The Morgan fingerprint density at radius 1 is 1.28 bits per heavy atom. The van der Waals surface area contributed by atoms with Crippen LogP contribution < -0.4 is 11.1 Å². The first kappa shape index (κ1) is 12.7. The molecule has 0 aliphatic heterocycles. The van der Waals surface area contributed by atoms with Crippen molar-refractivity contribution in [2.45, 2.75) is 38.7 Å². The van der Waals surface area contributed by atoms with Gasteiger partial charge in [0.15, 0.2) is 0 Å². The Labute approximate surface area is 108 Å². The molecule has 0 heterocycles. The second kappa shape index (κ2) is 5.76. The van der Waals surface area contributed by atoms with Gasteiger partial charge < -0.3 is 10.5 Å². The third-order valence-corrected chi connectivity index (χ3v) is 3.45. The molecule has 4 heteroatoms. The number of nitrogens with two attached hydrogens (primary N) is 1. The predicted octanol–water partition coefficient (Wildman–Crippen LogP) is 3.40. The van der Waals surface area contributed by atoms with Crippen LogP contribution in [0, 0.1) is 5.92 Å². The first-order valence-electron chi connectivity index (χ1n) is 6.48. The molecule has 2 rings (SSSR count). The van der Waals surface area contributed by atoms with E-state index < -0.39 is 0 Å². The van der Waals surface area contributed by atoms with Crippen LogP contribution >= 0.6 is 0 Å². The first-order chi connectivity index (χ1) is 8.65. The smallest absolute Gasteiger partial charge is 0.411 e. The maximum absolute atomic E-state index is 11.7.